The van der Waals surface area contributed by atoms with Crippen LogP contribution >= 0.6 is 15.9 Å². The smallest absolute Gasteiger partial charge is 0.305 e. The molecule has 0 aliphatic heterocycles. The number of carbonyl (C=O) groups excluding carboxylic acids is 1. The molecular weight excluding hydrogens is 348 g/mol. The largest absolute Gasteiger partial charge is 0.481 e. The molecule has 0 saturated carbocycles. The topological polar surface area (TPSA) is 79.3 Å². The Labute approximate surface area is 136 Å². The highest BCUT2D eigenvalue weighted by molar-refractivity contribution is 9.10. The average Bonchev–Trinajstić information content (AvgIpc) is 2.46. The maximum Gasteiger partial charge on any atom is 0.305 e. The van der Waals surface area contributed by atoms with Crippen molar-refractivity contribution in [1.29, 1.82) is 0 Å². The van der Waals surface area contributed by atoms with Gasteiger partial charge in [0.25, 0.3) is 5.91 Å². The van der Waals surface area contributed by atoms with Gasteiger partial charge in [-0.05, 0) is 40.0 Å². The van der Waals surface area contributed by atoms with Gasteiger partial charge in [-0.2, -0.15) is 0 Å². The Balaban J connectivity index is 2.25. The average molecular weight is 363 g/mol. The zero-order valence-electron chi connectivity index (χ0n) is 11.9. The minimum absolute atomic E-state index is 0.183. The third-order valence-electron chi connectivity index (χ3n) is 3.22. The van der Waals surface area contributed by atoms with E-state index >= 15 is 0 Å². The van der Waals surface area contributed by atoms with Gasteiger partial charge >= 0.3 is 5.97 Å². The number of aromatic nitrogens is 1. The first-order valence-corrected chi connectivity index (χ1v) is 7.45. The molecular formula is C16H15BrN2O3. The van der Waals surface area contributed by atoms with Crippen LogP contribution in [0.15, 0.2) is 47.2 Å². The van der Waals surface area contributed by atoms with Crippen LogP contribution in [0.5, 0.6) is 0 Å². The summed E-state index contributed by atoms with van der Waals surface area (Å²) in [7, 11) is 0. The van der Waals surface area contributed by atoms with Crippen molar-refractivity contribution < 1.29 is 14.7 Å². The van der Waals surface area contributed by atoms with Crippen LogP contribution in [0.2, 0.25) is 0 Å². The van der Waals surface area contributed by atoms with Gasteiger partial charge in [0, 0.05) is 16.9 Å². The summed E-state index contributed by atoms with van der Waals surface area (Å²) in [4.78, 5) is 27.3. The number of hydrogen-bond acceptors (Lipinski definition) is 3. The molecule has 0 saturated heterocycles. The van der Waals surface area contributed by atoms with Crippen LogP contribution < -0.4 is 5.32 Å². The Bertz CT molecular complexity index is 703. The number of pyridine rings is 1. The number of rotatable bonds is 5. The van der Waals surface area contributed by atoms with E-state index in [-0.39, 0.29) is 12.3 Å². The highest BCUT2D eigenvalue weighted by Crippen LogP contribution is 2.21. The second kappa shape index (κ2) is 7.17. The molecule has 1 amide bonds. The maximum absolute atomic E-state index is 12.3. The molecule has 2 rings (SSSR count). The van der Waals surface area contributed by atoms with E-state index in [9.17, 15) is 9.59 Å². The number of carboxylic acids is 1. The molecule has 22 heavy (non-hydrogen) atoms. The van der Waals surface area contributed by atoms with Crippen molar-refractivity contribution >= 4 is 27.8 Å². The van der Waals surface area contributed by atoms with Crippen molar-refractivity contribution in [3.8, 4) is 0 Å². The fourth-order valence-electron chi connectivity index (χ4n) is 2.17. The predicted octanol–water partition coefficient (Wildman–Crippen LogP) is 3.10. The molecule has 0 fully saturated rings. The molecule has 1 atom stereocenters. The zero-order chi connectivity index (χ0) is 16.1. The molecule has 0 aliphatic carbocycles. The van der Waals surface area contributed by atoms with Gasteiger partial charge in [-0.1, -0.05) is 24.3 Å². The Morgan fingerprint density at radius 1 is 1.32 bits per heavy atom. The van der Waals surface area contributed by atoms with E-state index in [1.807, 2.05) is 31.2 Å². The van der Waals surface area contributed by atoms with E-state index in [1.54, 1.807) is 12.3 Å². The molecule has 0 aliphatic rings. The van der Waals surface area contributed by atoms with Crippen LogP contribution in [-0.4, -0.2) is 22.0 Å². The van der Waals surface area contributed by atoms with E-state index < -0.39 is 12.0 Å². The quantitative estimate of drug-likeness (QED) is 0.856. The SMILES string of the molecule is Cc1ccccc1[C@H](CC(=O)O)NC(=O)c1cncc(Br)c1. The van der Waals surface area contributed by atoms with Gasteiger partial charge in [0.2, 0.25) is 0 Å². The molecule has 1 aromatic heterocycles. The highest BCUT2D eigenvalue weighted by Gasteiger charge is 2.20. The van der Waals surface area contributed by atoms with Gasteiger partial charge in [-0.3, -0.25) is 14.6 Å². The number of amides is 1. The Kier molecular flexibility index (Phi) is 5.27. The van der Waals surface area contributed by atoms with Crippen molar-refractivity contribution in [1.82, 2.24) is 10.3 Å². The summed E-state index contributed by atoms with van der Waals surface area (Å²) in [6, 6.07) is 8.45. The van der Waals surface area contributed by atoms with Crippen LogP contribution in [0.25, 0.3) is 0 Å². The van der Waals surface area contributed by atoms with Crippen molar-refractivity contribution in [2.24, 2.45) is 0 Å². The first kappa shape index (κ1) is 16.2. The minimum Gasteiger partial charge on any atom is -0.481 e. The first-order valence-electron chi connectivity index (χ1n) is 6.66. The maximum atomic E-state index is 12.3. The lowest BCUT2D eigenvalue weighted by Gasteiger charge is -2.19. The van der Waals surface area contributed by atoms with Crippen LogP contribution in [0.3, 0.4) is 0 Å². The minimum atomic E-state index is -0.971. The van der Waals surface area contributed by atoms with Gasteiger partial charge in [0.05, 0.1) is 18.0 Å². The summed E-state index contributed by atoms with van der Waals surface area (Å²) in [5.41, 5.74) is 2.10. The fraction of sp³-hybridized carbons (Fsp3) is 0.188. The van der Waals surface area contributed by atoms with Crippen molar-refractivity contribution in [2.75, 3.05) is 0 Å². The molecule has 0 radical (unpaired) electrons. The Morgan fingerprint density at radius 3 is 2.68 bits per heavy atom. The third kappa shape index (κ3) is 4.14. The lowest BCUT2D eigenvalue weighted by atomic mass is 9.98. The fourth-order valence-corrected chi connectivity index (χ4v) is 2.53. The number of benzene rings is 1. The monoisotopic (exact) mass is 362 g/mol. The second-order valence-electron chi connectivity index (χ2n) is 4.87. The Morgan fingerprint density at radius 2 is 2.05 bits per heavy atom. The van der Waals surface area contributed by atoms with Crippen molar-refractivity contribution in [2.45, 2.75) is 19.4 Å². The van der Waals surface area contributed by atoms with E-state index in [0.29, 0.717) is 10.0 Å². The highest BCUT2D eigenvalue weighted by atomic mass is 79.9. The van der Waals surface area contributed by atoms with E-state index in [4.69, 9.17) is 5.11 Å². The number of halogens is 1. The third-order valence-corrected chi connectivity index (χ3v) is 3.65. The molecule has 0 bridgehead atoms. The number of aryl methyl sites for hydroxylation is 1. The molecule has 0 spiro atoms. The van der Waals surface area contributed by atoms with Crippen LogP contribution in [0.4, 0.5) is 0 Å². The van der Waals surface area contributed by atoms with E-state index in [1.165, 1.54) is 6.20 Å². The summed E-state index contributed by atoms with van der Waals surface area (Å²) in [5, 5.41) is 11.9. The molecule has 1 aromatic carbocycles. The van der Waals surface area contributed by atoms with E-state index in [2.05, 4.69) is 26.2 Å². The molecule has 5 nitrogen and oxygen atoms in total. The van der Waals surface area contributed by atoms with Crippen LogP contribution in [0, 0.1) is 6.92 Å². The molecule has 2 aromatic rings. The Hall–Kier alpha value is -2.21. The first-order chi connectivity index (χ1) is 10.5. The molecule has 114 valence electrons. The molecule has 1 heterocycles. The molecule has 0 unspecified atom stereocenters. The number of aliphatic carboxylic acids is 1. The van der Waals surface area contributed by atoms with Gasteiger partial charge < -0.3 is 10.4 Å². The summed E-state index contributed by atoms with van der Waals surface area (Å²) < 4.78 is 0.686. The van der Waals surface area contributed by atoms with Crippen LogP contribution in [-0.2, 0) is 4.79 Å². The molecule has 2 N–H and O–H groups in total. The van der Waals surface area contributed by atoms with Crippen LogP contribution in [0.1, 0.15) is 33.9 Å². The van der Waals surface area contributed by atoms with Crippen molar-refractivity contribution in [3.63, 3.8) is 0 Å². The van der Waals surface area contributed by atoms with Gasteiger partial charge in [0.15, 0.2) is 0 Å². The number of carboxylic acid groups (broad SMARTS) is 1. The summed E-state index contributed by atoms with van der Waals surface area (Å²) in [6.07, 6.45) is 2.83. The van der Waals surface area contributed by atoms with E-state index in [0.717, 1.165) is 11.1 Å². The number of carbonyl (C=O) groups is 2. The second-order valence-corrected chi connectivity index (χ2v) is 5.79. The van der Waals surface area contributed by atoms with Crippen molar-refractivity contribution in [3.05, 3.63) is 63.9 Å². The normalized spacial score (nSPS) is 11.7. The summed E-state index contributed by atoms with van der Waals surface area (Å²) >= 11 is 3.26. The predicted molar refractivity (Wildman–Crippen MR) is 85.6 cm³/mol. The summed E-state index contributed by atoms with van der Waals surface area (Å²) in [5.74, 6) is -1.33. The molecule has 6 heteroatoms. The number of hydrogen-bond donors (Lipinski definition) is 2. The lowest BCUT2D eigenvalue weighted by Crippen LogP contribution is -2.30. The lowest BCUT2D eigenvalue weighted by molar-refractivity contribution is -0.137. The standard InChI is InChI=1S/C16H15BrN2O3/c1-10-4-2-3-5-13(10)14(7-15(20)21)19-16(22)11-6-12(17)9-18-8-11/h2-6,8-9,14H,7H2,1H3,(H,19,22)(H,20,21)/t14-/m0/s1. The number of nitrogens with zero attached hydrogens (tertiary/aromatic N) is 1. The zero-order valence-corrected chi connectivity index (χ0v) is 13.5. The van der Waals surface area contributed by atoms with Gasteiger partial charge in [-0.25, -0.2) is 0 Å². The summed E-state index contributed by atoms with van der Waals surface area (Å²) in [6.45, 7) is 1.89. The van der Waals surface area contributed by atoms with Gasteiger partial charge in [-0.15, -0.1) is 0 Å². The number of nitrogens with one attached hydrogen (secondary N) is 1. The van der Waals surface area contributed by atoms with Gasteiger partial charge in [0.1, 0.15) is 0 Å².